The molecular weight excluding hydrogens is 220 g/mol. The van der Waals surface area contributed by atoms with E-state index < -0.39 is 0 Å². The first-order valence-corrected chi connectivity index (χ1v) is 7.86. The highest BCUT2D eigenvalue weighted by Gasteiger charge is 2.34. The molecule has 0 aliphatic carbocycles. The summed E-state index contributed by atoms with van der Waals surface area (Å²) in [5.74, 6) is 0.952. The SMILES string of the molecule is CCCC1CCCN(C(C(C)N)C(C)(C)C)CC1. The number of rotatable bonds is 4. The molecule has 1 fully saturated rings. The lowest BCUT2D eigenvalue weighted by Crippen LogP contribution is -2.53. The fourth-order valence-electron chi connectivity index (χ4n) is 3.83. The molecule has 0 spiro atoms. The van der Waals surface area contributed by atoms with E-state index >= 15 is 0 Å². The smallest absolute Gasteiger partial charge is 0.0292 e. The van der Waals surface area contributed by atoms with E-state index in [0.29, 0.717) is 6.04 Å². The van der Waals surface area contributed by atoms with Gasteiger partial charge in [-0.05, 0) is 50.6 Å². The van der Waals surface area contributed by atoms with Crippen LogP contribution in [0.15, 0.2) is 0 Å². The first-order valence-electron chi connectivity index (χ1n) is 7.86. The highest BCUT2D eigenvalue weighted by Crippen LogP contribution is 2.30. The maximum Gasteiger partial charge on any atom is 0.0292 e. The van der Waals surface area contributed by atoms with Gasteiger partial charge in [0.2, 0.25) is 0 Å². The van der Waals surface area contributed by atoms with Gasteiger partial charge >= 0.3 is 0 Å². The number of nitrogens with zero attached hydrogens (tertiary/aromatic N) is 1. The standard InChI is InChI=1S/C16H34N2/c1-6-8-14-9-7-11-18(12-10-14)15(13(2)17)16(3,4)5/h13-15H,6-12,17H2,1-5H3. The summed E-state index contributed by atoms with van der Waals surface area (Å²) in [5.41, 5.74) is 6.53. The summed E-state index contributed by atoms with van der Waals surface area (Å²) >= 11 is 0. The van der Waals surface area contributed by atoms with E-state index in [2.05, 4.69) is 39.5 Å². The average molecular weight is 254 g/mol. The van der Waals surface area contributed by atoms with Crippen LogP contribution in [0.5, 0.6) is 0 Å². The fourth-order valence-corrected chi connectivity index (χ4v) is 3.83. The lowest BCUT2D eigenvalue weighted by atomic mass is 9.81. The van der Waals surface area contributed by atoms with Crippen LogP contribution < -0.4 is 5.73 Å². The Labute approximate surface area is 114 Å². The summed E-state index contributed by atoms with van der Waals surface area (Å²) in [4.78, 5) is 2.67. The van der Waals surface area contributed by atoms with Crippen LogP contribution in [0.2, 0.25) is 0 Å². The lowest BCUT2D eigenvalue weighted by molar-refractivity contribution is 0.0840. The van der Waals surface area contributed by atoms with Crippen molar-refractivity contribution < 1.29 is 0 Å². The van der Waals surface area contributed by atoms with Crippen LogP contribution in [0.25, 0.3) is 0 Å². The Balaban J connectivity index is 2.64. The molecule has 1 rings (SSSR count). The highest BCUT2D eigenvalue weighted by atomic mass is 15.2. The van der Waals surface area contributed by atoms with Gasteiger partial charge in [0, 0.05) is 12.1 Å². The third kappa shape index (κ3) is 4.55. The van der Waals surface area contributed by atoms with E-state index in [1.807, 2.05) is 0 Å². The molecular formula is C16H34N2. The second-order valence-electron chi connectivity index (χ2n) is 7.29. The highest BCUT2D eigenvalue weighted by molar-refractivity contribution is 4.90. The molecule has 1 aliphatic rings. The molecule has 108 valence electrons. The average Bonchev–Trinajstić information content (AvgIpc) is 2.42. The third-order valence-electron chi connectivity index (χ3n) is 4.36. The van der Waals surface area contributed by atoms with Crippen molar-refractivity contribution in [3.05, 3.63) is 0 Å². The number of nitrogens with two attached hydrogens (primary N) is 1. The summed E-state index contributed by atoms with van der Waals surface area (Å²) in [5, 5.41) is 0. The molecule has 2 N–H and O–H groups in total. The van der Waals surface area contributed by atoms with Gasteiger partial charge in [-0.25, -0.2) is 0 Å². The van der Waals surface area contributed by atoms with Crippen LogP contribution in [0.4, 0.5) is 0 Å². The van der Waals surface area contributed by atoms with Crippen LogP contribution in [-0.4, -0.2) is 30.1 Å². The van der Waals surface area contributed by atoms with Crippen molar-refractivity contribution in [1.82, 2.24) is 4.90 Å². The van der Waals surface area contributed by atoms with Gasteiger partial charge in [0.1, 0.15) is 0 Å². The van der Waals surface area contributed by atoms with Crippen LogP contribution in [0, 0.1) is 11.3 Å². The Morgan fingerprint density at radius 2 is 1.89 bits per heavy atom. The molecule has 2 nitrogen and oxygen atoms in total. The van der Waals surface area contributed by atoms with E-state index in [4.69, 9.17) is 5.73 Å². The normalized spacial score (nSPS) is 26.7. The van der Waals surface area contributed by atoms with Crippen molar-refractivity contribution in [3.8, 4) is 0 Å². The molecule has 3 unspecified atom stereocenters. The molecule has 1 aliphatic heterocycles. The van der Waals surface area contributed by atoms with Crippen molar-refractivity contribution in [2.24, 2.45) is 17.1 Å². The van der Waals surface area contributed by atoms with Crippen molar-refractivity contribution in [3.63, 3.8) is 0 Å². The first kappa shape index (κ1) is 16.0. The van der Waals surface area contributed by atoms with Gasteiger partial charge in [-0.1, -0.05) is 40.5 Å². The molecule has 1 heterocycles. The minimum atomic E-state index is 0.257. The molecule has 0 saturated carbocycles. The van der Waals surface area contributed by atoms with Gasteiger partial charge in [-0.2, -0.15) is 0 Å². The van der Waals surface area contributed by atoms with E-state index in [9.17, 15) is 0 Å². The summed E-state index contributed by atoms with van der Waals surface area (Å²) in [6.45, 7) is 13.9. The monoisotopic (exact) mass is 254 g/mol. The summed E-state index contributed by atoms with van der Waals surface area (Å²) < 4.78 is 0. The van der Waals surface area contributed by atoms with Crippen LogP contribution in [0.3, 0.4) is 0 Å². The molecule has 0 bridgehead atoms. The quantitative estimate of drug-likeness (QED) is 0.830. The first-order chi connectivity index (χ1) is 8.36. The van der Waals surface area contributed by atoms with E-state index in [-0.39, 0.29) is 11.5 Å². The summed E-state index contributed by atoms with van der Waals surface area (Å²) in [6.07, 6.45) is 6.88. The van der Waals surface area contributed by atoms with Gasteiger partial charge in [-0.3, -0.25) is 4.90 Å². The molecule has 0 radical (unpaired) electrons. The van der Waals surface area contributed by atoms with Crippen molar-refractivity contribution in [2.45, 2.75) is 78.8 Å². The van der Waals surface area contributed by atoms with Gasteiger partial charge in [0.05, 0.1) is 0 Å². The van der Waals surface area contributed by atoms with Crippen LogP contribution in [0.1, 0.15) is 66.7 Å². The minimum Gasteiger partial charge on any atom is -0.327 e. The van der Waals surface area contributed by atoms with E-state index in [1.165, 1.54) is 45.2 Å². The fraction of sp³-hybridized carbons (Fsp3) is 1.00. The molecule has 0 amide bonds. The predicted octanol–water partition coefficient (Wildman–Crippen LogP) is 3.65. The maximum absolute atomic E-state index is 6.26. The second kappa shape index (κ2) is 6.91. The van der Waals surface area contributed by atoms with Gasteiger partial charge in [0.25, 0.3) is 0 Å². The Bertz CT molecular complexity index is 230. The van der Waals surface area contributed by atoms with Crippen LogP contribution >= 0.6 is 0 Å². The Hall–Kier alpha value is -0.0800. The topological polar surface area (TPSA) is 29.3 Å². The Morgan fingerprint density at radius 1 is 1.22 bits per heavy atom. The lowest BCUT2D eigenvalue weighted by Gasteiger charge is -2.42. The zero-order valence-electron chi connectivity index (χ0n) is 13.2. The predicted molar refractivity (Wildman–Crippen MR) is 80.7 cm³/mol. The second-order valence-corrected chi connectivity index (χ2v) is 7.29. The van der Waals surface area contributed by atoms with Crippen molar-refractivity contribution in [2.75, 3.05) is 13.1 Å². The Kier molecular flexibility index (Phi) is 6.13. The number of hydrogen-bond acceptors (Lipinski definition) is 2. The molecule has 2 heteroatoms. The Morgan fingerprint density at radius 3 is 2.39 bits per heavy atom. The van der Waals surface area contributed by atoms with Gasteiger partial charge < -0.3 is 5.73 Å². The molecule has 1 saturated heterocycles. The molecule has 0 aromatic carbocycles. The largest absolute Gasteiger partial charge is 0.327 e. The molecule has 3 atom stereocenters. The van der Waals surface area contributed by atoms with Gasteiger partial charge in [0.15, 0.2) is 0 Å². The van der Waals surface area contributed by atoms with Gasteiger partial charge in [-0.15, -0.1) is 0 Å². The van der Waals surface area contributed by atoms with Crippen molar-refractivity contribution >= 4 is 0 Å². The van der Waals surface area contributed by atoms with Crippen LogP contribution in [-0.2, 0) is 0 Å². The zero-order chi connectivity index (χ0) is 13.8. The van der Waals surface area contributed by atoms with E-state index in [1.54, 1.807) is 0 Å². The minimum absolute atomic E-state index is 0.257. The van der Waals surface area contributed by atoms with E-state index in [0.717, 1.165) is 5.92 Å². The zero-order valence-corrected chi connectivity index (χ0v) is 13.2. The maximum atomic E-state index is 6.26. The molecule has 0 aromatic rings. The number of likely N-dealkylation sites (tertiary alicyclic amines) is 1. The van der Waals surface area contributed by atoms with Crippen molar-refractivity contribution in [1.29, 1.82) is 0 Å². The third-order valence-corrected chi connectivity index (χ3v) is 4.36. The summed E-state index contributed by atoms with van der Waals surface area (Å²) in [6, 6.07) is 0.769. The molecule has 18 heavy (non-hydrogen) atoms. The number of hydrogen-bond donors (Lipinski definition) is 1. The summed E-state index contributed by atoms with van der Waals surface area (Å²) in [7, 11) is 0. The molecule has 0 aromatic heterocycles.